The number of hydrogen-bond donors (Lipinski definition) is 1. The van der Waals surface area contributed by atoms with Crippen molar-refractivity contribution < 1.29 is 0 Å². The minimum absolute atomic E-state index is 0.599. The average Bonchev–Trinajstić information content (AvgIpc) is 2.57. The topological polar surface area (TPSA) is 12.0 Å². The van der Waals surface area contributed by atoms with E-state index in [0.29, 0.717) is 6.04 Å². The van der Waals surface area contributed by atoms with Gasteiger partial charge in [-0.1, -0.05) is 12.2 Å². The first-order valence-corrected chi connectivity index (χ1v) is 6.53. The molecular weight excluding hydrogens is 202 g/mol. The van der Waals surface area contributed by atoms with Gasteiger partial charge in [0.1, 0.15) is 0 Å². The minimum atomic E-state index is 0.599. The molecule has 82 valence electrons. The van der Waals surface area contributed by atoms with Crippen LogP contribution in [-0.4, -0.2) is 6.04 Å². The van der Waals surface area contributed by atoms with Gasteiger partial charge in [-0.05, 0) is 44.7 Å². The van der Waals surface area contributed by atoms with Crippen molar-refractivity contribution in [1.82, 2.24) is 5.32 Å². The predicted molar refractivity (Wildman–Crippen MR) is 67.4 cm³/mol. The summed E-state index contributed by atoms with van der Waals surface area (Å²) in [4.78, 5) is 2.91. The molecule has 0 amide bonds. The van der Waals surface area contributed by atoms with Crippen molar-refractivity contribution in [3.63, 3.8) is 0 Å². The lowest BCUT2D eigenvalue weighted by Gasteiger charge is -2.17. The largest absolute Gasteiger partial charge is 0.306 e. The molecule has 0 aromatic carbocycles. The van der Waals surface area contributed by atoms with Gasteiger partial charge in [-0.2, -0.15) is 0 Å². The Labute approximate surface area is 96.2 Å². The highest BCUT2D eigenvalue weighted by molar-refractivity contribution is 7.12. The quantitative estimate of drug-likeness (QED) is 0.770. The molecule has 2 heteroatoms. The molecule has 0 spiro atoms. The van der Waals surface area contributed by atoms with Crippen molar-refractivity contribution in [2.45, 2.75) is 45.7 Å². The van der Waals surface area contributed by atoms with E-state index in [1.165, 1.54) is 34.6 Å². The lowest BCUT2D eigenvalue weighted by molar-refractivity contribution is 0.525. The minimum Gasteiger partial charge on any atom is -0.306 e. The third-order valence-corrected chi connectivity index (χ3v) is 4.16. The second kappa shape index (κ2) is 4.95. The molecule has 2 rings (SSSR count). The van der Waals surface area contributed by atoms with Gasteiger partial charge in [0.2, 0.25) is 0 Å². The van der Waals surface area contributed by atoms with Crippen molar-refractivity contribution in [3.05, 3.63) is 33.5 Å². The third-order valence-electron chi connectivity index (χ3n) is 3.01. The van der Waals surface area contributed by atoms with E-state index < -0.39 is 0 Å². The highest BCUT2D eigenvalue weighted by Crippen LogP contribution is 2.21. The van der Waals surface area contributed by atoms with Crippen LogP contribution >= 0.6 is 11.3 Å². The molecule has 1 nitrogen and oxygen atoms in total. The van der Waals surface area contributed by atoms with Crippen molar-refractivity contribution in [2.24, 2.45) is 0 Å². The van der Waals surface area contributed by atoms with Crippen molar-refractivity contribution in [3.8, 4) is 0 Å². The molecule has 1 aliphatic rings. The van der Waals surface area contributed by atoms with E-state index in [0.717, 1.165) is 6.54 Å². The summed E-state index contributed by atoms with van der Waals surface area (Å²) in [5, 5.41) is 3.60. The van der Waals surface area contributed by atoms with E-state index in [-0.39, 0.29) is 0 Å². The molecule has 1 N–H and O–H groups in total. The van der Waals surface area contributed by atoms with Gasteiger partial charge in [0.05, 0.1) is 0 Å². The van der Waals surface area contributed by atoms with Gasteiger partial charge in [0.25, 0.3) is 0 Å². The molecule has 1 aromatic heterocycles. The fourth-order valence-electron chi connectivity index (χ4n) is 1.95. The number of aryl methyl sites for hydroxylation is 2. The molecule has 1 aromatic rings. The van der Waals surface area contributed by atoms with Crippen LogP contribution in [0.5, 0.6) is 0 Å². The maximum atomic E-state index is 3.60. The van der Waals surface area contributed by atoms with E-state index in [9.17, 15) is 0 Å². The van der Waals surface area contributed by atoms with E-state index >= 15 is 0 Å². The molecule has 1 heterocycles. The Bertz CT molecular complexity index is 332. The molecule has 0 fully saturated rings. The molecular formula is C13H19NS. The normalized spacial score (nSPS) is 20.8. The zero-order valence-corrected chi connectivity index (χ0v) is 10.4. The Morgan fingerprint density at radius 1 is 1.47 bits per heavy atom. The standard InChI is InChI=1S/C13H19NS/c1-10-8-13(15-11(10)2)9-14-12-6-4-3-5-7-12/h4,6,8,12,14H,3,5,7,9H2,1-2H3. The zero-order valence-electron chi connectivity index (χ0n) is 9.55. The summed E-state index contributed by atoms with van der Waals surface area (Å²) in [5.74, 6) is 0. The number of rotatable bonds is 3. The van der Waals surface area contributed by atoms with E-state index in [4.69, 9.17) is 0 Å². The smallest absolute Gasteiger partial charge is 0.0305 e. The van der Waals surface area contributed by atoms with Gasteiger partial charge in [0.15, 0.2) is 0 Å². The van der Waals surface area contributed by atoms with Crippen LogP contribution in [0.4, 0.5) is 0 Å². The molecule has 1 atom stereocenters. The second-order valence-corrected chi connectivity index (χ2v) is 5.64. The predicted octanol–water partition coefficient (Wildman–Crippen LogP) is 3.56. The monoisotopic (exact) mass is 221 g/mol. The first-order valence-electron chi connectivity index (χ1n) is 5.71. The van der Waals surface area contributed by atoms with Crippen LogP contribution in [0.3, 0.4) is 0 Å². The maximum Gasteiger partial charge on any atom is 0.0305 e. The molecule has 0 radical (unpaired) electrons. The fraction of sp³-hybridized carbons (Fsp3) is 0.538. The summed E-state index contributed by atoms with van der Waals surface area (Å²) < 4.78 is 0. The SMILES string of the molecule is Cc1cc(CNC2C=CCCC2)sc1C. The second-order valence-electron chi connectivity index (χ2n) is 4.30. The summed E-state index contributed by atoms with van der Waals surface area (Å²) >= 11 is 1.92. The molecule has 0 saturated carbocycles. The first-order chi connectivity index (χ1) is 7.25. The Kier molecular flexibility index (Phi) is 3.60. The molecule has 0 saturated heterocycles. The van der Waals surface area contributed by atoms with Gasteiger partial charge in [0, 0.05) is 22.3 Å². The molecule has 1 aliphatic carbocycles. The summed E-state index contributed by atoms with van der Waals surface area (Å²) in [6.45, 7) is 5.41. The third kappa shape index (κ3) is 2.93. The van der Waals surface area contributed by atoms with Crippen molar-refractivity contribution >= 4 is 11.3 Å². The summed E-state index contributed by atoms with van der Waals surface area (Å²) in [7, 11) is 0. The maximum absolute atomic E-state index is 3.60. The number of allylic oxidation sites excluding steroid dienone is 1. The van der Waals surface area contributed by atoms with Crippen molar-refractivity contribution in [1.29, 1.82) is 0 Å². The Balaban J connectivity index is 1.87. The fourth-order valence-corrected chi connectivity index (χ4v) is 2.96. The van der Waals surface area contributed by atoms with E-state index in [1.807, 2.05) is 11.3 Å². The molecule has 1 unspecified atom stereocenters. The lowest BCUT2D eigenvalue weighted by Crippen LogP contribution is -2.27. The Hall–Kier alpha value is -0.600. The Morgan fingerprint density at radius 3 is 2.93 bits per heavy atom. The Morgan fingerprint density at radius 2 is 2.33 bits per heavy atom. The van der Waals surface area contributed by atoms with Crippen LogP contribution in [0.2, 0.25) is 0 Å². The van der Waals surface area contributed by atoms with Gasteiger partial charge in [-0.3, -0.25) is 0 Å². The average molecular weight is 221 g/mol. The summed E-state index contributed by atoms with van der Waals surface area (Å²) in [6, 6.07) is 2.90. The van der Waals surface area contributed by atoms with Crippen LogP contribution < -0.4 is 5.32 Å². The van der Waals surface area contributed by atoms with Crippen LogP contribution in [-0.2, 0) is 6.54 Å². The first kappa shape index (κ1) is 10.9. The summed E-state index contributed by atoms with van der Waals surface area (Å²) in [5.41, 5.74) is 1.43. The van der Waals surface area contributed by atoms with Crippen LogP contribution in [0.1, 0.15) is 34.6 Å². The van der Waals surface area contributed by atoms with Gasteiger partial charge >= 0.3 is 0 Å². The van der Waals surface area contributed by atoms with Crippen LogP contribution in [0.25, 0.3) is 0 Å². The lowest BCUT2D eigenvalue weighted by atomic mass is 10.0. The van der Waals surface area contributed by atoms with Crippen LogP contribution in [0, 0.1) is 13.8 Å². The van der Waals surface area contributed by atoms with E-state index in [2.05, 4.69) is 37.4 Å². The van der Waals surface area contributed by atoms with Crippen LogP contribution in [0.15, 0.2) is 18.2 Å². The zero-order chi connectivity index (χ0) is 10.7. The highest BCUT2D eigenvalue weighted by atomic mass is 32.1. The molecule has 15 heavy (non-hydrogen) atoms. The molecule has 0 aliphatic heterocycles. The van der Waals surface area contributed by atoms with E-state index in [1.54, 1.807) is 0 Å². The number of thiophene rings is 1. The van der Waals surface area contributed by atoms with Crippen molar-refractivity contribution in [2.75, 3.05) is 0 Å². The number of nitrogens with one attached hydrogen (secondary N) is 1. The van der Waals surface area contributed by atoms with Gasteiger partial charge in [-0.15, -0.1) is 11.3 Å². The number of hydrogen-bond acceptors (Lipinski definition) is 2. The summed E-state index contributed by atoms with van der Waals surface area (Å²) in [6.07, 6.45) is 8.49. The van der Waals surface area contributed by atoms with Gasteiger partial charge in [-0.25, -0.2) is 0 Å². The molecule has 0 bridgehead atoms. The van der Waals surface area contributed by atoms with Gasteiger partial charge < -0.3 is 5.32 Å². The highest BCUT2D eigenvalue weighted by Gasteiger charge is 2.08.